The average molecular weight is 418 g/mol. The zero-order valence-corrected chi connectivity index (χ0v) is 18.5. The zero-order chi connectivity index (χ0) is 22.3. The number of methoxy groups -OCH3 is 2. The second kappa shape index (κ2) is 10.7. The Labute approximate surface area is 177 Å². The van der Waals surface area contributed by atoms with E-state index in [0.29, 0.717) is 23.0 Å². The molecule has 1 N–H and O–H groups in total. The van der Waals surface area contributed by atoms with Gasteiger partial charge in [-0.15, -0.1) is 0 Å². The molecule has 30 heavy (non-hydrogen) atoms. The van der Waals surface area contributed by atoms with Crippen LogP contribution >= 0.6 is 0 Å². The maximum atomic E-state index is 13.3. The van der Waals surface area contributed by atoms with Gasteiger partial charge >= 0.3 is 0 Å². The summed E-state index contributed by atoms with van der Waals surface area (Å²) in [5.41, 5.74) is 0.615. The van der Waals surface area contributed by atoms with Gasteiger partial charge in [0.15, 0.2) is 5.69 Å². The fourth-order valence-electron chi connectivity index (χ4n) is 2.81. The largest absolute Gasteiger partial charge is 0.497 e. The lowest BCUT2D eigenvalue weighted by Crippen LogP contribution is -2.38. The number of oxazole rings is 1. The van der Waals surface area contributed by atoms with Gasteiger partial charge in [0.25, 0.3) is 11.8 Å². The molecule has 1 heterocycles. The highest BCUT2D eigenvalue weighted by Gasteiger charge is 2.26. The first-order valence-electron chi connectivity index (χ1n) is 10.1. The molecular weight excluding hydrogens is 386 g/mol. The SMILES string of the molecule is CCC(C)NC(=O)c1coc(CN(C(=O)c2ccc(OC)cc2OC)C(C)CC)n1. The second-order valence-corrected chi connectivity index (χ2v) is 7.17. The molecule has 164 valence electrons. The minimum absolute atomic E-state index is 0.0402. The molecule has 2 rings (SSSR count). The first kappa shape index (κ1) is 23.3. The standard InChI is InChI=1S/C22H31N3O5/c1-7-14(3)23-21(26)18-13-30-20(24-18)12-25(15(4)8-2)22(27)17-10-9-16(28-5)11-19(17)29-6/h9-11,13-15H,7-8,12H2,1-6H3,(H,23,26). The Bertz CT molecular complexity index is 864. The fraction of sp³-hybridized carbons (Fsp3) is 0.500. The van der Waals surface area contributed by atoms with Crippen molar-refractivity contribution in [1.29, 1.82) is 0 Å². The van der Waals surface area contributed by atoms with Crippen LogP contribution in [0.4, 0.5) is 0 Å². The summed E-state index contributed by atoms with van der Waals surface area (Å²) in [4.78, 5) is 31.5. The van der Waals surface area contributed by atoms with E-state index in [2.05, 4.69) is 10.3 Å². The minimum atomic E-state index is -0.294. The van der Waals surface area contributed by atoms with Crippen molar-refractivity contribution in [1.82, 2.24) is 15.2 Å². The van der Waals surface area contributed by atoms with Crippen LogP contribution in [0.15, 0.2) is 28.9 Å². The Balaban J connectivity index is 2.25. The van der Waals surface area contributed by atoms with Gasteiger partial charge in [0.1, 0.15) is 17.8 Å². The second-order valence-electron chi connectivity index (χ2n) is 7.17. The molecule has 0 aliphatic heterocycles. The maximum absolute atomic E-state index is 13.3. The topological polar surface area (TPSA) is 93.9 Å². The molecule has 2 atom stereocenters. The van der Waals surface area contributed by atoms with Gasteiger partial charge in [0.2, 0.25) is 5.89 Å². The number of nitrogens with one attached hydrogen (secondary N) is 1. The maximum Gasteiger partial charge on any atom is 0.273 e. The number of rotatable bonds is 10. The monoisotopic (exact) mass is 417 g/mol. The lowest BCUT2D eigenvalue weighted by Gasteiger charge is -2.28. The molecule has 0 aliphatic rings. The molecule has 8 nitrogen and oxygen atoms in total. The van der Waals surface area contributed by atoms with E-state index in [9.17, 15) is 9.59 Å². The van der Waals surface area contributed by atoms with Crippen LogP contribution in [-0.4, -0.2) is 48.0 Å². The van der Waals surface area contributed by atoms with Gasteiger partial charge in [-0.05, 0) is 38.8 Å². The summed E-state index contributed by atoms with van der Waals surface area (Å²) in [6.07, 6.45) is 2.88. The summed E-state index contributed by atoms with van der Waals surface area (Å²) in [7, 11) is 3.06. The van der Waals surface area contributed by atoms with Crippen molar-refractivity contribution < 1.29 is 23.5 Å². The van der Waals surface area contributed by atoms with Gasteiger partial charge < -0.3 is 24.1 Å². The smallest absolute Gasteiger partial charge is 0.273 e. The lowest BCUT2D eigenvalue weighted by molar-refractivity contribution is 0.0648. The number of benzene rings is 1. The molecule has 0 bridgehead atoms. The third-order valence-electron chi connectivity index (χ3n) is 5.10. The predicted molar refractivity (Wildman–Crippen MR) is 113 cm³/mol. The molecule has 2 aromatic rings. The Hall–Kier alpha value is -3.03. The Morgan fingerprint density at radius 1 is 1.17 bits per heavy atom. The first-order chi connectivity index (χ1) is 14.3. The van der Waals surface area contributed by atoms with E-state index in [4.69, 9.17) is 13.9 Å². The molecule has 0 saturated heterocycles. The minimum Gasteiger partial charge on any atom is -0.497 e. The van der Waals surface area contributed by atoms with E-state index in [-0.39, 0.29) is 36.1 Å². The number of carbonyl (C=O) groups is 2. The number of hydrogen-bond acceptors (Lipinski definition) is 6. The highest BCUT2D eigenvalue weighted by Crippen LogP contribution is 2.27. The number of nitrogens with zero attached hydrogens (tertiary/aromatic N) is 2. The molecule has 0 aliphatic carbocycles. The highest BCUT2D eigenvalue weighted by molar-refractivity contribution is 5.97. The fourth-order valence-corrected chi connectivity index (χ4v) is 2.81. The van der Waals surface area contributed by atoms with Crippen molar-refractivity contribution in [2.24, 2.45) is 0 Å². The normalized spacial score (nSPS) is 12.7. The number of amides is 2. The van der Waals surface area contributed by atoms with Crippen molar-refractivity contribution in [2.75, 3.05) is 14.2 Å². The molecule has 8 heteroatoms. The number of ether oxygens (including phenoxy) is 2. The Morgan fingerprint density at radius 3 is 2.50 bits per heavy atom. The molecular formula is C22H31N3O5. The highest BCUT2D eigenvalue weighted by atomic mass is 16.5. The summed E-state index contributed by atoms with van der Waals surface area (Å²) >= 11 is 0. The van der Waals surface area contributed by atoms with Crippen molar-refractivity contribution in [3.8, 4) is 11.5 Å². The van der Waals surface area contributed by atoms with Crippen molar-refractivity contribution >= 4 is 11.8 Å². The van der Waals surface area contributed by atoms with Gasteiger partial charge in [0.05, 0.1) is 26.3 Å². The third kappa shape index (κ3) is 5.52. The first-order valence-corrected chi connectivity index (χ1v) is 10.1. The third-order valence-corrected chi connectivity index (χ3v) is 5.10. The Morgan fingerprint density at radius 2 is 1.90 bits per heavy atom. The predicted octanol–water partition coefficient (Wildman–Crippen LogP) is 3.66. The molecule has 2 unspecified atom stereocenters. The van der Waals surface area contributed by atoms with Gasteiger partial charge in [-0.1, -0.05) is 13.8 Å². The lowest BCUT2D eigenvalue weighted by atomic mass is 10.1. The Kier molecular flexibility index (Phi) is 8.26. The van der Waals surface area contributed by atoms with Crippen molar-refractivity contribution in [2.45, 2.75) is 59.2 Å². The van der Waals surface area contributed by atoms with E-state index < -0.39 is 0 Å². The van der Waals surface area contributed by atoms with E-state index in [1.165, 1.54) is 13.4 Å². The average Bonchev–Trinajstić information content (AvgIpc) is 3.24. The van der Waals surface area contributed by atoms with E-state index in [1.807, 2.05) is 27.7 Å². The van der Waals surface area contributed by atoms with Crippen LogP contribution in [0, 0.1) is 0 Å². The van der Waals surface area contributed by atoms with Crippen LogP contribution in [0.2, 0.25) is 0 Å². The van der Waals surface area contributed by atoms with Crippen LogP contribution in [0.25, 0.3) is 0 Å². The van der Waals surface area contributed by atoms with Crippen LogP contribution in [0.1, 0.15) is 67.3 Å². The van der Waals surface area contributed by atoms with Gasteiger partial charge in [-0.2, -0.15) is 0 Å². The zero-order valence-electron chi connectivity index (χ0n) is 18.5. The molecule has 0 radical (unpaired) electrons. The van der Waals surface area contributed by atoms with E-state index in [0.717, 1.165) is 12.8 Å². The van der Waals surface area contributed by atoms with Gasteiger partial charge in [-0.3, -0.25) is 9.59 Å². The van der Waals surface area contributed by atoms with Crippen LogP contribution in [0.5, 0.6) is 11.5 Å². The molecule has 0 spiro atoms. The summed E-state index contributed by atoms with van der Waals surface area (Å²) in [5, 5.41) is 2.85. The van der Waals surface area contributed by atoms with E-state index in [1.54, 1.807) is 30.2 Å². The van der Waals surface area contributed by atoms with Gasteiger partial charge in [0, 0.05) is 18.2 Å². The number of hydrogen-bond donors (Lipinski definition) is 1. The molecule has 1 aromatic heterocycles. The molecule has 2 amide bonds. The molecule has 0 saturated carbocycles. The molecule has 0 fully saturated rings. The summed E-state index contributed by atoms with van der Waals surface area (Å²) in [6.45, 7) is 8.00. The van der Waals surface area contributed by atoms with Crippen LogP contribution in [-0.2, 0) is 6.54 Å². The van der Waals surface area contributed by atoms with Crippen molar-refractivity contribution in [3.63, 3.8) is 0 Å². The van der Waals surface area contributed by atoms with E-state index >= 15 is 0 Å². The van der Waals surface area contributed by atoms with Crippen LogP contribution in [0.3, 0.4) is 0 Å². The quantitative estimate of drug-likeness (QED) is 0.634. The van der Waals surface area contributed by atoms with Gasteiger partial charge in [-0.25, -0.2) is 4.98 Å². The van der Waals surface area contributed by atoms with Crippen LogP contribution < -0.4 is 14.8 Å². The summed E-state index contributed by atoms with van der Waals surface area (Å²) < 4.78 is 16.1. The number of aromatic nitrogens is 1. The molecule has 1 aromatic carbocycles. The van der Waals surface area contributed by atoms with Crippen molar-refractivity contribution in [3.05, 3.63) is 41.6 Å². The summed E-state index contributed by atoms with van der Waals surface area (Å²) in [5.74, 6) is 0.813. The summed E-state index contributed by atoms with van der Waals surface area (Å²) in [6, 6.07) is 5.03. The number of carbonyl (C=O) groups excluding carboxylic acids is 2.